The molecule has 0 atom stereocenters. The van der Waals surface area contributed by atoms with Gasteiger partial charge in [-0.15, -0.1) is 13.2 Å². The standard InChI is InChI=1S/C14H10ClF3N2O/c15-12-7-11(19-13(20-12)8-4-5-8)9-2-1-3-10(6-9)21-14(16,17)18/h1-3,6-8H,4-5H2. The van der Waals surface area contributed by atoms with Gasteiger partial charge in [-0.25, -0.2) is 9.97 Å². The van der Waals surface area contributed by atoms with E-state index in [0.29, 0.717) is 23.0 Å². The van der Waals surface area contributed by atoms with E-state index in [-0.39, 0.29) is 10.9 Å². The monoisotopic (exact) mass is 314 g/mol. The molecular formula is C14H10ClF3N2O. The average Bonchev–Trinajstić information content (AvgIpc) is 3.20. The first-order valence-electron chi connectivity index (χ1n) is 6.31. The second-order valence-electron chi connectivity index (χ2n) is 4.78. The summed E-state index contributed by atoms with van der Waals surface area (Å²) in [6, 6.07) is 7.17. The van der Waals surface area contributed by atoms with E-state index in [2.05, 4.69) is 14.7 Å². The maximum Gasteiger partial charge on any atom is 0.573 e. The van der Waals surface area contributed by atoms with Crippen molar-refractivity contribution in [2.24, 2.45) is 0 Å². The average molecular weight is 315 g/mol. The van der Waals surface area contributed by atoms with Gasteiger partial charge >= 0.3 is 6.36 Å². The van der Waals surface area contributed by atoms with Gasteiger partial charge < -0.3 is 4.74 Å². The van der Waals surface area contributed by atoms with E-state index < -0.39 is 6.36 Å². The van der Waals surface area contributed by atoms with Gasteiger partial charge in [0.2, 0.25) is 0 Å². The van der Waals surface area contributed by atoms with E-state index in [9.17, 15) is 13.2 Å². The fourth-order valence-corrected chi connectivity index (χ4v) is 2.15. The minimum absolute atomic E-state index is 0.282. The van der Waals surface area contributed by atoms with Gasteiger partial charge in [-0.3, -0.25) is 0 Å². The first-order valence-corrected chi connectivity index (χ1v) is 6.69. The highest BCUT2D eigenvalue weighted by atomic mass is 35.5. The summed E-state index contributed by atoms with van der Waals surface area (Å²) in [5.41, 5.74) is 0.993. The van der Waals surface area contributed by atoms with Crippen LogP contribution >= 0.6 is 11.6 Å². The Labute approximate surface area is 123 Å². The second-order valence-corrected chi connectivity index (χ2v) is 5.17. The Morgan fingerprint density at radius 3 is 2.57 bits per heavy atom. The Morgan fingerprint density at radius 2 is 1.90 bits per heavy atom. The zero-order chi connectivity index (χ0) is 15.0. The molecule has 0 aliphatic heterocycles. The molecule has 0 radical (unpaired) electrons. The molecule has 3 nitrogen and oxygen atoms in total. The first-order chi connectivity index (χ1) is 9.90. The van der Waals surface area contributed by atoms with Crippen LogP contribution in [-0.2, 0) is 0 Å². The summed E-state index contributed by atoms with van der Waals surface area (Å²) in [5, 5.41) is 0.282. The van der Waals surface area contributed by atoms with Gasteiger partial charge in [-0.05, 0) is 25.0 Å². The Balaban J connectivity index is 1.94. The predicted molar refractivity (Wildman–Crippen MR) is 71.1 cm³/mol. The molecule has 110 valence electrons. The molecule has 0 saturated heterocycles. The van der Waals surface area contributed by atoms with Crippen LogP contribution in [0.25, 0.3) is 11.3 Å². The molecule has 0 spiro atoms. The van der Waals surface area contributed by atoms with Crippen LogP contribution in [-0.4, -0.2) is 16.3 Å². The maximum absolute atomic E-state index is 12.2. The lowest BCUT2D eigenvalue weighted by Crippen LogP contribution is -2.17. The lowest BCUT2D eigenvalue weighted by Gasteiger charge is -2.10. The third-order valence-electron chi connectivity index (χ3n) is 3.02. The van der Waals surface area contributed by atoms with Crippen LogP contribution in [0.4, 0.5) is 13.2 Å². The molecule has 1 aromatic heterocycles. The summed E-state index contributed by atoms with van der Waals surface area (Å²) in [4.78, 5) is 8.52. The van der Waals surface area contributed by atoms with E-state index in [4.69, 9.17) is 11.6 Å². The molecule has 0 amide bonds. The summed E-state index contributed by atoms with van der Waals surface area (Å²) in [6.07, 6.45) is -2.70. The zero-order valence-electron chi connectivity index (χ0n) is 10.7. The van der Waals surface area contributed by atoms with Gasteiger partial charge in [0.05, 0.1) is 5.69 Å². The van der Waals surface area contributed by atoms with Crippen LogP contribution < -0.4 is 4.74 Å². The highest BCUT2D eigenvalue weighted by molar-refractivity contribution is 6.29. The number of nitrogens with zero attached hydrogens (tertiary/aromatic N) is 2. The number of hydrogen-bond acceptors (Lipinski definition) is 3. The van der Waals surface area contributed by atoms with Crippen molar-refractivity contribution in [3.05, 3.63) is 41.3 Å². The minimum Gasteiger partial charge on any atom is -0.406 e. The number of benzene rings is 1. The smallest absolute Gasteiger partial charge is 0.406 e. The molecule has 1 aliphatic carbocycles. The SMILES string of the molecule is FC(F)(F)Oc1cccc(-c2cc(Cl)nc(C3CC3)n2)c1. The van der Waals surface area contributed by atoms with Gasteiger partial charge in [0.25, 0.3) is 0 Å². The number of aromatic nitrogens is 2. The summed E-state index contributed by atoms with van der Waals surface area (Å²) in [5.74, 6) is 0.652. The molecule has 1 saturated carbocycles. The Hall–Kier alpha value is -1.82. The lowest BCUT2D eigenvalue weighted by molar-refractivity contribution is -0.274. The summed E-state index contributed by atoms with van der Waals surface area (Å²) < 4.78 is 40.7. The number of rotatable bonds is 3. The summed E-state index contributed by atoms with van der Waals surface area (Å²) >= 11 is 5.96. The van der Waals surface area contributed by atoms with E-state index in [1.807, 2.05) is 0 Å². The molecule has 1 fully saturated rings. The molecule has 1 heterocycles. The Morgan fingerprint density at radius 1 is 1.14 bits per heavy atom. The van der Waals surface area contributed by atoms with Crippen LogP contribution in [0.2, 0.25) is 5.15 Å². The summed E-state index contributed by atoms with van der Waals surface area (Å²) in [7, 11) is 0. The van der Waals surface area contributed by atoms with E-state index in [0.717, 1.165) is 12.8 Å². The van der Waals surface area contributed by atoms with Crippen LogP contribution in [0.15, 0.2) is 30.3 Å². The first kappa shape index (κ1) is 14.1. The van der Waals surface area contributed by atoms with Crippen molar-refractivity contribution < 1.29 is 17.9 Å². The zero-order valence-corrected chi connectivity index (χ0v) is 11.4. The normalized spacial score (nSPS) is 15.0. The quantitative estimate of drug-likeness (QED) is 0.778. The van der Waals surface area contributed by atoms with Gasteiger partial charge in [0, 0.05) is 17.5 Å². The van der Waals surface area contributed by atoms with Crippen LogP contribution in [0.1, 0.15) is 24.6 Å². The van der Waals surface area contributed by atoms with Crippen molar-refractivity contribution in [3.8, 4) is 17.0 Å². The topological polar surface area (TPSA) is 35.0 Å². The molecule has 1 aromatic carbocycles. The molecule has 0 N–H and O–H groups in total. The van der Waals surface area contributed by atoms with Gasteiger partial charge in [-0.2, -0.15) is 0 Å². The van der Waals surface area contributed by atoms with Crippen molar-refractivity contribution in [3.63, 3.8) is 0 Å². The number of hydrogen-bond donors (Lipinski definition) is 0. The number of alkyl halides is 3. The summed E-state index contributed by atoms with van der Waals surface area (Å²) in [6.45, 7) is 0. The fraction of sp³-hybridized carbons (Fsp3) is 0.286. The molecule has 3 rings (SSSR count). The largest absolute Gasteiger partial charge is 0.573 e. The highest BCUT2D eigenvalue weighted by Gasteiger charge is 2.31. The van der Waals surface area contributed by atoms with E-state index in [1.54, 1.807) is 6.07 Å². The molecule has 7 heteroatoms. The molecule has 21 heavy (non-hydrogen) atoms. The molecule has 0 unspecified atom stereocenters. The van der Waals surface area contributed by atoms with E-state index >= 15 is 0 Å². The van der Waals surface area contributed by atoms with Crippen molar-refractivity contribution in [1.29, 1.82) is 0 Å². The molecule has 0 bridgehead atoms. The van der Waals surface area contributed by atoms with Gasteiger partial charge in [-0.1, -0.05) is 23.7 Å². The molecular weight excluding hydrogens is 305 g/mol. The van der Waals surface area contributed by atoms with Crippen molar-refractivity contribution >= 4 is 11.6 Å². The number of halogens is 4. The van der Waals surface area contributed by atoms with Crippen molar-refractivity contribution in [2.45, 2.75) is 25.1 Å². The van der Waals surface area contributed by atoms with Crippen LogP contribution in [0, 0.1) is 0 Å². The maximum atomic E-state index is 12.2. The lowest BCUT2D eigenvalue weighted by atomic mass is 10.1. The fourth-order valence-electron chi connectivity index (χ4n) is 1.96. The van der Waals surface area contributed by atoms with Crippen molar-refractivity contribution in [1.82, 2.24) is 9.97 Å². The van der Waals surface area contributed by atoms with Crippen LogP contribution in [0.3, 0.4) is 0 Å². The van der Waals surface area contributed by atoms with Gasteiger partial charge in [0.1, 0.15) is 16.7 Å². The van der Waals surface area contributed by atoms with Gasteiger partial charge in [0.15, 0.2) is 0 Å². The van der Waals surface area contributed by atoms with Crippen molar-refractivity contribution in [2.75, 3.05) is 0 Å². The second kappa shape index (κ2) is 5.18. The van der Waals surface area contributed by atoms with E-state index in [1.165, 1.54) is 24.3 Å². The third kappa shape index (κ3) is 3.64. The third-order valence-corrected chi connectivity index (χ3v) is 3.21. The molecule has 1 aliphatic rings. The van der Waals surface area contributed by atoms with Crippen LogP contribution in [0.5, 0.6) is 5.75 Å². The highest BCUT2D eigenvalue weighted by Crippen LogP contribution is 2.39. The Kier molecular flexibility index (Phi) is 3.49. The predicted octanol–water partition coefficient (Wildman–Crippen LogP) is 4.57. The number of ether oxygens (including phenoxy) is 1. The minimum atomic E-state index is -4.72. The Bertz CT molecular complexity index is 672. The molecule has 2 aromatic rings.